The average molecular weight is 260 g/mol. The second-order valence-corrected chi connectivity index (χ2v) is 4.40. The number of hydrogen-bond donors (Lipinski definition) is 2. The Hall–Kier alpha value is -2.28. The molecule has 0 aliphatic heterocycles. The van der Waals surface area contributed by atoms with Crippen molar-refractivity contribution >= 4 is 11.6 Å². The molecule has 7 heteroatoms. The SMILES string of the molecule is CC(CN)CC(=O)Nc1cccc(-n2cnnn2)c1. The number of carbonyl (C=O) groups excluding carboxylic acids is 1. The van der Waals surface area contributed by atoms with Crippen LogP contribution in [0.25, 0.3) is 5.69 Å². The lowest BCUT2D eigenvalue weighted by Crippen LogP contribution is -2.20. The summed E-state index contributed by atoms with van der Waals surface area (Å²) < 4.78 is 1.53. The Balaban J connectivity index is 2.05. The molecule has 0 aliphatic carbocycles. The Morgan fingerprint density at radius 3 is 3.05 bits per heavy atom. The first kappa shape index (κ1) is 13.2. The standard InChI is InChI=1S/C12H16N6O/c1-9(7-13)5-12(19)15-10-3-2-4-11(6-10)18-8-14-16-17-18/h2-4,6,8-9H,5,7,13H2,1H3,(H,15,19). The molecule has 1 amide bonds. The quantitative estimate of drug-likeness (QED) is 0.819. The van der Waals surface area contributed by atoms with Crippen molar-refractivity contribution in [2.45, 2.75) is 13.3 Å². The van der Waals surface area contributed by atoms with Crippen LogP contribution in [0.3, 0.4) is 0 Å². The van der Waals surface area contributed by atoms with Crippen LogP contribution in [-0.4, -0.2) is 32.7 Å². The maximum atomic E-state index is 11.8. The maximum Gasteiger partial charge on any atom is 0.224 e. The van der Waals surface area contributed by atoms with Gasteiger partial charge >= 0.3 is 0 Å². The van der Waals surface area contributed by atoms with Gasteiger partial charge in [0.05, 0.1) is 5.69 Å². The lowest BCUT2D eigenvalue weighted by molar-refractivity contribution is -0.116. The zero-order valence-electron chi connectivity index (χ0n) is 10.7. The van der Waals surface area contributed by atoms with E-state index in [4.69, 9.17) is 5.73 Å². The van der Waals surface area contributed by atoms with E-state index in [1.165, 1.54) is 11.0 Å². The van der Waals surface area contributed by atoms with Gasteiger partial charge in [-0.05, 0) is 41.1 Å². The molecular formula is C12H16N6O. The molecule has 0 saturated heterocycles. The first-order chi connectivity index (χ1) is 9.19. The summed E-state index contributed by atoms with van der Waals surface area (Å²) in [4.78, 5) is 11.8. The van der Waals surface area contributed by atoms with Crippen LogP contribution in [0.1, 0.15) is 13.3 Å². The Labute approximate surface area is 110 Å². The average Bonchev–Trinajstić information content (AvgIpc) is 2.92. The highest BCUT2D eigenvalue weighted by molar-refractivity contribution is 5.91. The van der Waals surface area contributed by atoms with Crippen molar-refractivity contribution < 1.29 is 4.79 Å². The number of rotatable bonds is 5. The molecular weight excluding hydrogens is 244 g/mol. The molecule has 2 aromatic rings. The highest BCUT2D eigenvalue weighted by Gasteiger charge is 2.08. The molecule has 0 fully saturated rings. The lowest BCUT2D eigenvalue weighted by Gasteiger charge is -2.10. The second kappa shape index (κ2) is 6.05. The van der Waals surface area contributed by atoms with Gasteiger partial charge in [-0.15, -0.1) is 5.10 Å². The Bertz CT molecular complexity index is 539. The molecule has 2 rings (SSSR count). The molecule has 1 heterocycles. The highest BCUT2D eigenvalue weighted by Crippen LogP contribution is 2.14. The molecule has 1 unspecified atom stereocenters. The van der Waals surface area contributed by atoms with Crippen LogP contribution in [0.5, 0.6) is 0 Å². The summed E-state index contributed by atoms with van der Waals surface area (Å²) in [6, 6.07) is 7.31. The summed E-state index contributed by atoms with van der Waals surface area (Å²) in [5.41, 5.74) is 6.99. The summed E-state index contributed by atoms with van der Waals surface area (Å²) in [6.45, 7) is 2.44. The van der Waals surface area contributed by atoms with Gasteiger partial charge in [-0.25, -0.2) is 4.68 Å². The Kier molecular flexibility index (Phi) is 4.19. The topological polar surface area (TPSA) is 98.7 Å². The molecule has 1 aromatic heterocycles. The van der Waals surface area contributed by atoms with Crippen LogP contribution in [0.15, 0.2) is 30.6 Å². The van der Waals surface area contributed by atoms with Crippen molar-refractivity contribution in [1.82, 2.24) is 20.2 Å². The molecule has 1 atom stereocenters. The molecule has 3 N–H and O–H groups in total. The molecule has 0 bridgehead atoms. The van der Waals surface area contributed by atoms with Gasteiger partial charge in [-0.1, -0.05) is 13.0 Å². The van der Waals surface area contributed by atoms with Crippen LogP contribution < -0.4 is 11.1 Å². The Morgan fingerprint density at radius 1 is 1.53 bits per heavy atom. The predicted octanol–water partition coefficient (Wildman–Crippen LogP) is 0.586. The maximum absolute atomic E-state index is 11.8. The third kappa shape index (κ3) is 3.59. The number of carbonyl (C=O) groups is 1. The van der Waals surface area contributed by atoms with E-state index in [1.54, 1.807) is 6.07 Å². The fourth-order valence-electron chi connectivity index (χ4n) is 1.62. The van der Waals surface area contributed by atoms with E-state index in [1.807, 2.05) is 25.1 Å². The van der Waals surface area contributed by atoms with Gasteiger partial charge in [-0.3, -0.25) is 4.79 Å². The van der Waals surface area contributed by atoms with Crippen molar-refractivity contribution in [3.8, 4) is 5.69 Å². The van der Waals surface area contributed by atoms with E-state index in [9.17, 15) is 4.79 Å². The van der Waals surface area contributed by atoms with Crippen molar-refractivity contribution in [3.05, 3.63) is 30.6 Å². The summed E-state index contributed by atoms with van der Waals surface area (Å²) in [5.74, 6) is 0.120. The van der Waals surface area contributed by atoms with Crippen molar-refractivity contribution in [1.29, 1.82) is 0 Å². The summed E-state index contributed by atoms with van der Waals surface area (Å²) in [7, 11) is 0. The van der Waals surface area contributed by atoms with E-state index >= 15 is 0 Å². The van der Waals surface area contributed by atoms with Crippen LogP contribution in [0.4, 0.5) is 5.69 Å². The number of nitrogens with two attached hydrogens (primary N) is 1. The third-order valence-electron chi connectivity index (χ3n) is 2.68. The Morgan fingerprint density at radius 2 is 2.37 bits per heavy atom. The smallest absolute Gasteiger partial charge is 0.224 e. The van der Waals surface area contributed by atoms with Crippen molar-refractivity contribution in [2.75, 3.05) is 11.9 Å². The number of hydrogen-bond acceptors (Lipinski definition) is 5. The number of anilines is 1. The lowest BCUT2D eigenvalue weighted by atomic mass is 10.1. The van der Waals surface area contributed by atoms with Crippen molar-refractivity contribution in [2.24, 2.45) is 11.7 Å². The minimum Gasteiger partial charge on any atom is -0.330 e. The third-order valence-corrected chi connectivity index (χ3v) is 2.68. The van der Waals surface area contributed by atoms with Gasteiger partial charge in [0.2, 0.25) is 5.91 Å². The van der Waals surface area contributed by atoms with Gasteiger partial charge in [0, 0.05) is 12.1 Å². The fraction of sp³-hybridized carbons (Fsp3) is 0.333. The van der Waals surface area contributed by atoms with Gasteiger partial charge in [0.1, 0.15) is 6.33 Å². The van der Waals surface area contributed by atoms with Crippen LogP contribution >= 0.6 is 0 Å². The van der Waals surface area contributed by atoms with Crippen molar-refractivity contribution in [3.63, 3.8) is 0 Å². The first-order valence-electron chi connectivity index (χ1n) is 6.02. The predicted molar refractivity (Wildman–Crippen MR) is 70.6 cm³/mol. The largest absolute Gasteiger partial charge is 0.330 e. The number of nitrogens with one attached hydrogen (secondary N) is 1. The molecule has 1 aromatic carbocycles. The van der Waals surface area contributed by atoms with Gasteiger partial charge < -0.3 is 11.1 Å². The van der Waals surface area contributed by atoms with Gasteiger partial charge in [-0.2, -0.15) is 0 Å². The van der Waals surface area contributed by atoms with Crippen LogP contribution in [0, 0.1) is 5.92 Å². The number of nitrogens with zero attached hydrogens (tertiary/aromatic N) is 4. The van der Waals surface area contributed by atoms with E-state index in [0.717, 1.165) is 5.69 Å². The van der Waals surface area contributed by atoms with E-state index in [-0.39, 0.29) is 11.8 Å². The summed E-state index contributed by atoms with van der Waals surface area (Å²) in [6.07, 6.45) is 1.91. The van der Waals surface area contributed by atoms with Crippen LogP contribution in [0.2, 0.25) is 0 Å². The highest BCUT2D eigenvalue weighted by atomic mass is 16.1. The molecule has 19 heavy (non-hydrogen) atoms. The minimum absolute atomic E-state index is 0.0492. The fourth-order valence-corrected chi connectivity index (χ4v) is 1.62. The number of tetrazole rings is 1. The molecule has 0 radical (unpaired) electrons. The molecule has 0 saturated carbocycles. The van der Waals surface area contributed by atoms with E-state index < -0.39 is 0 Å². The van der Waals surface area contributed by atoms with Gasteiger partial charge in [0.25, 0.3) is 0 Å². The number of amides is 1. The minimum atomic E-state index is -0.0492. The molecule has 7 nitrogen and oxygen atoms in total. The normalized spacial score (nSPS) is 12.1. The van der Waals surface area contributed by atoms with Gasteiger partial charge in [0.15, 0.2) is 0 Å². The molecule has 0 spiro atoms. The first-order valence-corrected chi connectivity index (χ1v) is 6.02. The number of aromatic nitrogens is 4. The zero-order valence-corrected chi connectivity index (χ0v) is 10.7. The zero-order chi connectivity index (χ0) is 13.7. The monoisotopic (exact) mass is 260 g/mol. The van der Waals surface area contributed by atoms with E-state index in [2.05, 4.69) is 20.8 Å². The number of benzene rings is 1. The summed E-state index contributed by atoms with van der Waals surface area (Å²) in [5, 5.41) is 13.8. The summed E-state index contributed by atoms with van der Waals surface area (Å²) >= 11 is 0. The molecule has 0 aliphatic rings. The molecule has 100 valence electrons. The van der Waals surface area contributed by atoms with Crippen LogP contribution in [-0.2, 0) is 4.79 Å². The van der Waals surface area contributed by atoms with E-state index in [0.29, 0.717) is 18.7 Å². The second-order valence-electron chi connectivity index (χ2n) is 4.40.